The summed E-state index contributed by atoms with van der Waals surface area (Å²) in [5, 5.41) is 18.5. The monoisotopic (exact) mass is 385 g/mol. The van der Waals surface area contributed by atoms with Crippen LogP contribution in [-0.4, -0.2) is 62.7 Å². The van der Waals surface area contributed by atoms with Crippen molar-refractivity contribution in [1.29, 1.82) is 0 Å². The Hall–Kier alpha value is -2.69. The highest BCUT2D eigenvalue weighted by Crippen LogP contribution is 2.25. The molecule has 27 heavy (non-hydrogen) atoms. The van der Waals surface area contributed by atoms with Crippen molar-refractivity contribution in [3.05, 3.63) is 40.9 Å². The highest BCUT2D eigenvalue weighted by atomic mass is 32.1. The minimum Gasteiger partial charge on any atom is -0.379 e. The first kappa shape index (κ1) is 17.7. The fourth-order valence-corrected chi connectivity index (χ4v) is 3.71. The zero-order valence-corrected chi connectivity index (χ0v) is 15.4. The lowest BCUT2D eigenvalue weighted by atomic mass is 10.1. The number of hydrogen-bond donors (Lipinski definition) is 2. The molecule has 2 N–H and O–H groups in total. The number of aromatic amines is 1. The Morgan fingerprint density at radius 1 is 1.33 bits per heavy atom. The van der Waals surface area contributed by atoms with Crippen LogP contribution in [0.4, 0.5) is 5.95 Å². The summed E-state index contributed by atoms with van der Waals surface area (Å²) in [6.07, 6.45) is 0.165. The van der Waals surface area contributed by atoms with E-state index in [0.717, 1.165) is 49.1 Å². The molecule has 0 atom stereocenters. The number of thiazole rings is 1. The van der Waals surface area contributed by atoms with Gasteiger partial charge in [0, 0.05) is 30.6 Å². The van der Waals surface area contributed by atoms with Gasteiger partial charge in [-0.3, -0.25) is 15.0 Å². The predicted molar refractivity (Wildman–Crippen MR) is 100 cm³/mol. The van der Waals surface area contributed by atoms with E-state index in [0.29, 0.717) is 0 Å². The SMILES string of the molecule is O=C(Cc1csc(-c2cccc(CN3CCOCC3)c2)n1)Nc1nn[nH]n1. The first-order valence-corrected chi connectivity index (χ1v) is 9.51. The number of H-pyrrole nitrogens is 1. The molecular formula is C17H19N7O2S. The molecular weight excluding hydrogens is 366 g/mol. The third kappa shape index (κ3) is 4.73. The molecule has 1 aliphatic rings. The number of benzene rings is 1. The molecule has 0 radical (unpaired) electrons. The molecule has 1 fully saturated rings. The summed E-state index contributed by atoms with van der Waals surface area (Å²) in [6.45, 7) is 4.41. The van der Waals surface area contributed by atoms with Crippen LogP contribution in [-0.2, 0) is 22.5 Å². The molecule has 4 rings (SSSR count). The number of nitrogens with zero attached hydrogens (tertiary/aromatic N) is 5. The first-order chi connectivity index (χ1) is 13.3. The number of nitrogens with one attached hydrogen (secondary N) is 2. The van der Waals surface area contributed by atoms with E-state index in [1.807, 2.05) is 11.4 Å². The molecule has 3 heterocycles. The number of amides is 1. The minimum atomic E-state index is -0.227. The molecule has 1 saturated heterocycles. The maximum Gasteiger partial charge on any atom is 0.269 e. The van der Waals surface area contributed by atoms with Crippen LogP contribution in [0.25, 0.3) is 10.6 Å². The van der Waals surface area contributed by atoms with Gasteiger partial charge in [-0.25, -0.2) is 4.98 Å². The van der Waals surface area contributed by atoms with Crippen LogP contribution in [0.15, 0.2) is 29.6 Å². The largest absolute Gasteiger partial charge is 0.379 e. The normalized spacial score (nSPS) is 15.0. The number of anilines is 1. The maximum atomic E-state index is 12.0. The van der Waals surface area contributed by atoms with Crippen molar-refractivity contribution in [2.24, 2.45) is 0 Å². The zero-order chi connectivity index (χ0) is 18.5. The maximum absolute atomic E-state index is 12.0. The summed E-state index contributed by atoms with van der Waals surface area (Å²) in [5.41, 5.74) is 3.03. The predicted octanol–water partition coefficient (Wildman–Crippen LogP) is 1.34. The van der Waals surface area contributed by atoms with Gasteiger partial charge in [-0.1, -0.05) is 23.3 Å². The molecule has 0 spiro atoms. The van der Waals surface area contributed by atoms with Crippen molar-refractivity contribution in [2.45, 2.75) is 13.0 Å². The minimum absolute atomic E-state index is 0.159. The number of morpholine rings is 1. The van der Waals surface area contributed by atoms with Gasteiger partial charge in [0.25, 0.3) is 5.95 Å². The third-order valence-corrected chi connectivity index (χ3v) is 5.11. The highest BCUT2D eigenvalue weighted by molar-refractivity contribution is 7.13. The topological polar surface area (TPSA) is 109 Å². The Morgan fingerprint density at radius 2 is 2.22 bits per heavy atom. The molecule has 140 valence electrons. The second kappa shape index (κ2) is 8.33. The van der Waals surface area contributed by atoms with Gasteiger partial charge >= 0.3 is 0 Å². The van der Waals surface area contributed by atoms with Crippen LogP contribution < -0.4 is 5.32 Å². The van der Waals surface area contributed by atoms with E-state index in [9.17, 15) is 4.79 Å². The van der Waals surface area contributed by atoms with Crippen LogP contribution >= 0.6 is 11.3 Å². The van der Waals surface area contributed by atoms with E-state index in [1.54, 1.807) is 0 Å². The van der Waals surface area contributed by atoms with Gasteiger partial charge in [0.2, 0.25) is 5.91 Å². The Balaban J connectivity index is 1.40. The fourth-order valence-electron chi connectivity index (χ4n) is 2.89. The molecule has 0 bridgehead atoms. The van der Waals surface area contributed by atoms with Crippen molar-refractivity contribution < 1.29 is 9.53 Å². The number of rotatable bonds is 6. The van der Waals surface area contributed by atoms with Crippen molar-refractivity contribution in [2.75, 3.05) is 31.6 Å². The Kier molecular flexibility index (Phi) is 5.47. The smallest absolute Gasteiger partial charge is 0.269 e. The third-order valence-electron chi connectivity index (χ3n) is 4.17. The number of carbonyl (C=O) groups excluding carboxylic acids is 1. The quantitative estimate of drug-likeness (QED) is 0.659. The number of hydrogen-bond acceptors (Lipinski definition) is 8. The summed E-state index contributed by atoms with van der Waals surface area (Å²) in [4.78, 5) is 19.0. The van der Waals surface area contributed by atoms with Crippen molar-refractivity contribution >= 4 is 23.2 Å². The van der Waals surface area contributed by atoms with Gasteiger partial charge in [0.05, 0.1) is 25.3 Å². The van der Waals surface area contributed by atoms with Crippen LogP contribution in [0.1, 0.15) is 11.3 Å². The van der Waals surface area contributed by atoms with Crippen LogP contribution in [0.3, 0.4) is 0 Å². The fraction of sp³-hybridized carbons (Fsp3) is 0.353. The van der Waals surface area contributed by atoms with Gasteiger partial charge in [0.15, 0.2) is 0 Å². The lowest BCUT2D eigenvalue weighted by Crippen LogP contribution is -2.35. The molecule has 1 aromatic carbocycles. The lowest BCUT2D eigenvalue weighted by Gasteiger charge is -2.26. The van der Waals surface area contributed by atoms with Gasteiger partial charge in [-0.15, -0.1) is 16.4 Å². The second-order valence-corrected chi connectivity index (χ2v) is 7.05. The average Bonchev–Trinajstić information content (AvgIpc) is 3.35. The highest BCUT2D eigenvalue weighted by Gasteiger charge is 2.13. The molecule has 0 aliphatic carbocycles. The second-order valence-electron chi connectivity index (χ2n) is 6.19. The van der Waals surface area contributed by atoms with Crippen LogP contribution in [0.2, 0.25) is 0 Å². The molecule has 2 aromatic heterocycles. The standard InChI is InChI=1S/C17H19N7O2S/c25-15(19-17-20-22-23-21-17)9-14-11-27-16(18-14)13-3-1-2-12(8-13)10-24-4-6-26-7-5-24/h1-3,8,11H,4-7,9-10H2,(H2,19,20,21,22,23,25). The van der Waals surface area contributed by atoms with E-state index in [4.69, 9.17) is 4.74 Å². The lowest BCUT2D eigenvalue weighted by molar-refractivity contribution is -0.115. The van der Waals surface area contributed by atoms with E-state index >= 15 is 0 Å². The summed E-state index contributed by atoms with van der Waals surface area (Å²) >= 11 is 1.53. The Bertz CT molecular complexity index is 890. The molecule has 0 saturated carbocycles. The van der Waals surface area contributed by atoms with Gasteiger partial charge in [-0.2, -0.15) is 5.21 Å². The Morgan fingerprint density at radius 3 is 3.04 bits per heavy atom. The van der Waals surface area contributed by atoms with E-state index in [1.165, 1.54) is 16.9 Å². The number of ether oxygens (including phenoxy) is 1. The van der Waals surface area contributed by atoms with E-state index in [2.05, 4.69) is 54.0 Å². The number of carbonyl (C=O) groups is 1. The van der Waals surface area contributed by atoms with Gasteiger partial charge in [-0.05, 0) is 16.8 Å². The number of aromatic nitrogens is 5. The molecule has 1 aliphatic heterocycles. The molecule has 10 heteroatoms. The molecule has 3 aromatic rings. The number of tetrazole rings is 1. The van der Waals surface area contributed by atoms with E-state index < -0.39 is 0 Å². The molecule has 1 amide bonds. The van der Waals surface area contributed by atoms with Crippen LogP contribution in [0, 0.1) is 0 Å². The summed E-state index contributed by atoms with van der Waals surface area (Å²) < 4.78 is 5.40. The van der Waals surface area contributed by atoms with E-state index in [-0.39, 0.29) is 18.3 Å². The zero-order valence-electron chi connectivity index (χ0n) is 14.6. The first-order valence-electron chi connectivity index (χ1n) is 8.63. The molecule has 0 unspecified atom stereocenters. The van der Waals surface area contributed by atoms with Crippen molar-refractivity contribution in [3.8, 4) is 10.6 Å². The van der Waals surface area contributed by atoms with Gasteiger partial charge < -0.3 is 4.74 Å². The summed E-state index contributed by atoms with van der Waals surface area (Å²) in [7, 11) is 0. The summed E-state index contributed by atoms with van der Waals surface area (Å²) in [5.74, 6) is -0.0689. The van der Waals surface area contributed by atoms with Crippen LogP contribution in [0.5, 0.6) is 0 Å². The summed E-state index contributed by atoms with van der Waals surface area (Å²) in [6, 6.07) is 8.39. The average molecular weight is 385 g/mol. The van der Waals surface area contributed by atoms with Crippen molar-refractivity contribution in [3.63, 3.8) is 0 Å². The van der Waals surface area contributed by atoms with Gasteiger partial charge in [0.1, 0.15) is 5.01 Å². The van der Waals surface area contributed by atoms with Crippen molar-refractivity contribution in [1.82, 2.24) is 30.5 Å². The molecule has 9 nitrogen and oxygen atoms in total. The Labute approximate surface area is 159 Å².